The predicted octanol–water partition coefficient (Wildman–Crippen LogP) is 5.63. The summed E-state index contributed by atoms with van der Waals surface area (Å²) in [5.74, 6) is 1.59. The summed E-state index contributed by atoms with van der Waals surface area (Å²) in [6.45, 7) is 1.04. The first-order valence-corrected chi connectivity index (χ1v) is 12.5. The number of anilines is 1. The summed E-state index contributed by atoms with van der Waals surface area (Å²) >= 11 is 9.30. The number of rotatable bonds is 7. The van der Waals surface area contributed by atoms with E-state index in [0.29, 0.717) is 41.1 Å². The molecule has 0 spiro atoms. The number of hydrogen-bond donors (Lipinski definition) is 1. The predicted molar refractivity (Wildman–Crippen MR) is 146 cm³/mol. The fraction of sp³-hybridized carbons (Fsp3) is 0.259. The van der Waals surface area contributed by atoms with Gasteiger partial charge in [-0.05, 0) is 90.4 Å². The van der Waals surface area contributed by atoms with E-state index in [-0.39, 0.29) is 12.0 Å². The molecule has 3 aromatic rings. The number of nitrogens with zero attached hydrogens (tertiary/aromatic N) is 1. The van der Waals surface area contributed by atoms with Gasteiger partial charge in [0, 0.05) is 16.7 Å². The minimum Gasteiger partial charge on any atom is -0.493 e. The van der Waals surface area contributed by atoms with Crippen molar-refractivity contribution in [1.82, 2.24) is 4.90 Å². The number of methoxy groups -OCH3 is 3. The van der Waals surface area contributed by atoms with Crippen LogP contribution < -0.4 is 19.5 Å². The Kier molecular flexibility index (Phi) is 8.32. The van der Waals surface area contributed by atoms with E-state index in [1.54, 1.807) is 38.5 Å². The van der Waals surface area contributed by atoms with Crippen LogP contribution in [0, 0.1) is 0 Å². The molecule has 0 fully saturated rings. The summed E-state index contributed by atoms with van der Waals surface area (Å²) < 4.78 is 23.1. The van der Waals surface area contributed by atoms with Crippen molar-refractivity contribution in [1.29, 1.82) is 0 Å². The highest BCUT2D eigenvalue weighted by atomic mass is 79.9. The number of nitrogens with one attached hydrogen (secondary N) is 1. The van der Waals surface area contributed by atoms with Crippen LogP contribution in [0.2, 0.25) is 0 Å². The van der Waals surface area contributed by atoms with Gasteiger partial charge in [-0.2, -0.15) is 0 Å². The van der Waals surface area contributed by atoms with Crippen LogP contribution in [0.15, 0.2) is 65.1 Å². The molecular formula is C27H27BrN2O5S. The fourth-order valence-corrected chi connectivity index (χ4v) is 4.76. The van der Waals surface area contributed by atoms with E-state index in [1.807, 2.05) is 36.4 Å². The first-order valence-electron chi connectivity index (χ1n) is 11.3. The van der Waals surface area contributed by atoms with Gasteiger partial charge in [0.25, 0.3) is 0 Å². The summed E-state index contributed by atoms with van der Waals surface area (Å²) in [6, 6.07) is 18.6. The van der Waals surface area contributed by atoms with Gasteiger partial charge in [0.2, 0.25) is 0 Å². The Morgan fingerprint density at radius 2 is 1.69 bits per heavy atom. The Morgan fingerprint density at radius 1 is 1.03 bits per heavy atom. The van der Waals surface area contributed by atoms with Gasteiger partial charge in [0.1, 0.15) is 12.4 Å². The van der Waals surface area contributed by atoms with E-state index in [1.165, 1.54) is 7.11 Å². The normalized spacial score (nSPS) is 14.4. The largest absolute Gasteiger partial charge is 0.493 e. The quantitative estimate of drug-likeness (QED) is 0.289. The van der Waals surface area contributed by atoms with Gasteiger partial charge in [0.15, 0.2) is 16.6 Å². The molecule has 0 aromatic heterocycles. The van der Waals surface area contributed by atoms with E-state index in [4.69, 9.17) is 31.2 Å². The van der Waals surface area contributed by atoms with Crippen LogP contribution in [0.3, 0.4) is 0 Å². The van der Waals surface area contributed by atoms with Gasteiger partial charge in [-0.1, -0.05) is 15.9 Å². The molecule has 0 radical (unpaired) electrons. The second-order valence-electron chi connectivity index (χ2n) is 8.13. The van der Waals surface area contributed by atoms with Gasteiger partial charge in [-0.25, -0.2) is 4.79 Å². The number of carbonyl (C=O) groups is 1. The first-order chi connectivity index (χ1) is 17.4. The number of ether oxygens (including phenoxy) is 4. The van der Waals surface area contributed by atoms with Crippen molar-refractivity contribution in [2.75, 3.05) is 39.8 Å². The van der Waals surface area contributed by atoms with E-state index in [0.717, 1.165) is 27.7 Å². The molecule has 0 aliphatic carbocycles. The Morgan fingerprint density at radius 3 is 2.33 bits per heavy atom. The molecule has 188 valence electrons. The Bertz CT molecular complexity index is 1230. The second-order valence-corrected chi connectivity index (χ2v) is 9.43. The van der Waals surface area contributed by atoms with E-state index < -0.39 is 0 Å². The summed E-state index contributed by atoms with van der Waals surface area (Å²) in [5.41, 5.74) is 3.58. The summed E-state index contributed by atoms with van der Waals surface area (Å²) in [4.78, 5) is 13.9. The van der Waals surface area contributed by atoms with Crippen molar-refractivity contribution in [2.45, 2.75) is 12.5 Å². The lowest BCUT2D eigenvalue weighted by atomic mass is 9.92. The summed E-state index contributed by atoms with van der Waals surface area (Å²) in [6.07, 6.45) is 0.794. The minimum absolute atomic E-state index is 0.177. The number of benzene rings is 3. The van der Waals surface area contributed by atoms with Gasteiger partial charge >= 0.3 is 5.97 Å². The van der Waals surface area contributed by atoms with Crippen LogP contribution in [0.1, 0.15) is 27.5 Å². The monoisotopic (exact) mass is 570 g/mol. The second kappa shape index (κ2) is 11.6. The van der Waals surface area contributed by atoms with E-state index in [2.05, 4.69) is 26.1 Å². The maximum Gasteiger partial charge on any atom is 0.337 e. The number of halogens is 1. The third-order valence-electron chi connectivity index (χ3n) is 6.04. The van der Waals surface area contributed by atoms with Crippen LogP contribution in [-0.2, 0) is 11.2 Å². The smallest absolute Gasteiger partial charge is 0.337 e. The number of fused-ring (bicyclic) bond motifs is 1. The molecule has 7 nitrogen and oxygen atoms in total. The number of esters is 1. The minimum atomic E-state index is -0.389. The maximum absolute atomic E-state index is 11.8. The van der Waals surface area contributed by atoms with Gasteiger partial charge in [0.05, 0.1) is 32.9 Å². The van der Waals surface area contributed by atoms with Crippen LogP contribution in [-0.4, -0.2) is 50.5 Å². The SMILES string of the molecule is COC(=O)c1ccc(OC[C@H]2c3cc(OC)c(OC)cc3CCN2C(=S)Nc2ccc(Br)cc2)cc1. The zero-order valence-corrected chi connectivity index (χ0v) is 22.6. The molecule has 36 heavy (non-hydrogen) atoms. The average molecular weight is 571 g/mol. The molecule has 1 aliphatic heterocycles. The first kappa shape index (κ1) is 25.8. The topological polar surface area (TPSA) is 69.3 Å². The number of carbonyl (C=O) groups excluding carboxylic acids is 1. The van der Waals surface area contributed by atoms with Crippen molar-refractivity contribution in [3.8, 4) is 17.2 Å². The van der Waals surface area contributed by atoms with Crippen molar-refractivity contribution < 1.29 is 23.7 Å². The van der Waals surface area contributed by atoms with Gasteiger partial charge < -0.3 is 29.2 Å². The van der Waals surface area contributed by atoms with Crippen molar-refractivity contribution >= 4 is 44.9 Å². The average Bonchev–Trinajstić information content (AvgIpc) is 2.91. The molecule has 0 saturated carbocycles. The highest BCUT2D eigenvalue weighted by Gasteiger charge is 2.31. The molecule has 0 bridgehead atoms. The summed E-state index contributed by atoms with van der Waals surface area (Å²) in [7, 11) is 4.62. The molecule has 0 saturated heterocycles. The fourth-order valence-electron chi connectivity index (χ4n) is 4.16. The molecule has 1 N–H and O–H groups in total. The molecule has 0 amide bonds. The maximum atomic E-state index is 11.8. The van der Waals surface area contributed by atoms with Crippen LogP contribution in [0.4, 0.5) is 5.69 Å². The van der Waals surface area contributed by atoms with Gasteiger partial charge in [-0.15, -0.1) is 0 Å². The third-order valence-corrected chi connectivity index (χ3v) is 6.91. The molecule has 1 heterocycles. The zero-order chi connectivity index (χ0) is 25.7. The standard InChI is InChI=1S/C27H27BrN2O5S/c1-32-24-14-18-12-13-30(27(36)29-20-8-6-19(28)7-9-20)23(22(18)15-25(24)33-2)16-35-21-10-4-17(5-11-21)26(31)34-3/h4-11,14-15,23H,12-13,16H2,1-3H3,(H,29,36)/t23-/m0/s1. The molecule has 1 atom stereocenters. The highest BCUT2D eigenvalue weighted by Crippen LogP contribution is 2.38. The highest BCUT2D eigenvalue weighted by molar-refractivity contribution is 9.10. The Labute approximate surface area is 224 Å². The van der Waals surface area contributed by atoms with Crippen LogP contribution in [0.5, 0.6) is 17.2 Å². The lowest BCUT2D eigenvalue weighted by Crippen LogP contribution is -2.44. The van der Waals surface area contributed by atoms with Crippen molar-refractivity contribution in [3.05, 3.63) is 81.8 Å². The Hall–Kier alpha value is -3.30. The Balaban J connectivity index is 1.61. The van der Waals surface area contributed by atoms with Gasteiger partial charge in [-0.3, -0.25) is 0 Å². The lowest BCUT2D eigenvalue weighted by Gasteiger charge is -2.39. The van der Waals surface area contributed by atoms with Crippen LogP contribution >= 0.6 is 28.1 Å². The number of thiocarbonyl (C=S) groups is 1. The van der Waals surface area contributed by atoms with E-state index >= 15 is 0 Å². The molecule has 1 aliphatic rings. The summed E-state index contributed by atoms with van der Waals surface area (Å²) in [5, 5.41) is 3.95. The van der Waals surface area contributed by atoms with E-state index in [9.17, 15) is 4.79 Å². The molecule has 0 unspecified atom stereocenters. The van der Waals surface area contributed by atoms with Crippen molar-refractivity contribution in [2.24, 2.45) is 0 Å². The lowest BCUT2D eigenvalue weighted by molar-refractivity contribution is 0.0600. The molecule has 9 heteroatoms. The number of hydrogen-bond acceptors (Lipinski definition) is 6. The van der Waals surface area contributed by atoms with Crippen LogP contribution in [0.25, 0.3) is 0 Å². The molecular weight excluding hydrogens is 544 g/mol. The molecule has 3 aromatic carbocycles. The molecule has 4 rings (SSSR count). The van der Waals surface area contributed by atoms with Crippen molar-refractivity contribution in [3.63, 3.8) is 0 Å². The third kappa shape index (κ3) is 5.74. The zero-order valence-electron chi connectivity index (χ0n) is 20.2.